The number of ether oxygens (including phenoxy) is 3. The van der Waals surface area contributed by atoms with E-state index in [1.165, 1.54) is 6.07 Å². The number of nitriles is 1. The number of aryl methyl sites for hydroxylation is 1. The van der Waals surface area contributed by atoms with Crippen molar-refractivity contribution in [2.24, 2.45) is 16.1 Å². The lowest BCUT2D eigenvalue weighted by Gasteiger charge is -2.34. The fraction of sp³-hybridized carbons (Fsp3) is 0.269. The zero-order valence-electron chi connectivity index (χ0n) is 19.1. The van der Waals surface area contributed by atoms with Crippen molar-refractivity contribution in [1.29, 1.82) is 5.26 Å². The van der Waals surface area contributed by atoms with Gasteiger partial charge in [0.1, 0.15) is 24.7 Å². The van der Waals surface area contributed by atoms with E-state index in [0.29, 0.717) is 28.2 Å². The maximum atomic E-state index is 15.4. The van der Waals surface area contributed by atoms with Gasteiger partial charge >= 0.3 is 0 Å². The Morgan fingerprint density at radius 1 is 1.18 bits per heavy atom. The third-order valence-corrected chi connectivity index (χ3v) is 5.97. The zero-order chi connectivity index (χ0) is 24.1. The molecule has 0 aliphatic carbocycles. The first-order valence-corrected chi connectivity index (χ1v) is 10.8. The molecule has 0 fully saturated rings. The summed E-state index contributed by atoms with van der Waals surface area (Å²) in [6.45, 7) is 5.78. The van der Waals surface area contributed by atoms with E-state index >= 15 is 4.39 Å². The fourth-order valence-electron chi connectivity index (χ4n) is 4.08. The first-order valence-electron chi connectivity index (χ1n) is 10.8. The van der Waals surface area contributed by atoms with Crippen LogP contribution in [0, 0.1) is 29.5 Å². The molecule has 172 valence electrons. The molecule has 1 unspecified atom stereocenters. The van der Waals surface area contributed by atoms with Crippen LogP contribution in [0.25, 0.3) is 11.1 Å². The predicted molar refractivity (Wildman–Crippen MR) is 124 cm³/mol. The highest BCUT2D eigenvalue weighted by Gasteiger charge is 2.48. The molecule has 0 bridgehead atoms. The maximum absolute atomic E-state index is 15.4. The minimum absolute atomic E-state index is 0.0125. The average molecular weight is 458 g/mol. The summed E-state index contributed by atoms with van der Waals surface area (Å²) in [6, 6.07) is 14.5. The third-order valence-electron chi connectivity index (χ3n) is 5.97. The van der Waals surface area contributed by atoms with Gasteiger partial charge in [-0.05, 0) is 62.7 Å². The SMILES string of the molecule is Cc1ccc(-c2cc(F)c3c(c2)C2(COC(N)=N2)c2cc(OCC(C)(C)C#N)ccc2O3)cn1. The molecule has 5 rings (SSSR count). The Labute approximate surface area is 196 Å². The number of amidine groups is 1. The Balaban J connectivity index is 1.64. The Kier molecular flexibility index (Phi) is 4.94. The predicted octanol–water partition coefficient (Wildman–Crippen LogP) is 4.82. The van der Waals surface area contributed by atoms with Crippen molar-refractivity contribution < 1.29 is 18.6 Å². The number of nitrogens with zero attached hydrogens (tertiary/aromatic N) is 3. The number of aliphatic imine (C=N–C) groups is 1. The van der Waals surface area contributed by atoms with Crippen LogP contribution in [-0.4, -0.2) is 24.2 Å². The highest BCUT2D eigenvalue weighted by Crippen LogP contribution is 2.53. The summed E-state index contributed by atoms with van der Waals surface area (Å²) in [5.41, 5.74) is 7.60. The van der Waals surface area contributed by atoms with Crippen LogP contribution < -0.4 is 15.2 Å². The van der Waals surface area contributed by atoms with Gasteiger partial charge in [-0.25, -0.2) is 9.38 Å². The van der Waals surface area contributed by atoms with Crippen LogP contribution in [0.4, 0.5) is 4.39 Å². The summed E-state index contributed by atoms with van der Waals surface area (Å²) in [4.78, 5) is 8.95. The van der Waals surface area contributed by atoms with Gasteiger partial charge in [0.25, 0.3) is 6.02 Å². The molecule has 0 saturated heterocycles. The van der Waals surface area contributed by atoms with Crippen LogP contribution in [0.15, 0.2) is 53.7 Å². The molecule has 0 saturated carbocycles. The van der Waals surface area contributed by atoms with Gasteiger partial charge in [-0.2, -0.15) is 5.26 Å². The molecule has 3 heterocycles. The summed E-state index contributed by atoms with van der Waals surface area (Å²) in [7, 11) is 0. The minimum atomic E-state index is -1.11. The lowest BCUT2D eigenvalue weighted by atomic mass is 9.80. The van der Waals surface area contributed by atoms with Crippen molar-refractivity contribution in [3.8, 4) is 34.4 Å². The lowest BCUT2D eigenvalue weighted by Crippen LogP contribution is -2.31. The monoisotopic (exact) mass is 458 g/mol. The third kappa shape index (κ3) is 3.59. The number of rotatable bonds is 4. The molecule has 8 heteroatoms. The lowest BCUT2D eigenvalue weighted by molar-refractivity contribution is 0.225. The van der Waals surface area contributed by atoms with E-state index < -0.39 is 16.8 Å². The molecular formula is C26H23FN4O3. The number of nitrogens with two attached hydrogens (primary N) is 1. The van der Waals surface area contributed by atoms with Gasteiger partial charge in [0.05, 0.1) is 11.5 Å². The topological polar surface area (TPSA) is 103 Å². The van der Waals surface area contributed by atoms with Crippen molar-refractivity contribution in [3.63, 3.8) is 0 Å². The second-order valence-electron chi connectivity index (χ2n) is 9.17. The van der Waals surface area contributed by atoms with E-state index in [2.05, 4.69) is 16.0 Å². The standard InChI is InChI=1S/C26H23FN4O3/c1-15-4-5-16(11-30-15)17-8-20-23(21(27)9-17)34-22-7-6-18(32-13-25(2,3)12-28)10-19(22)26(20)14-33-24(29)31-26/h4-11H,13-14H2,1-3H3,(H2,29,31). The second kappa shape index (κ2) is 7.73. The molecule has 1 atom stereocenters. The molecule has 2 aromatic carbocycles. The van der Waals surface area contributed by atoms with Crippen LogP contribution in [0.2, 0.25) is 0 Å². The summed E-state index contributed by atoms with van der Waals surface area (Å²) in [5.74, 6) is 0.533. The van der Waals surface area contributed by atoms with Gasteiger partial charge in [-0.15, -0.1) is 0 Å². The second-order valence-corrected chi connectivity index (χ2v) is 9.17. The van der Waals surface area contributed by atoms with Gasteiger partial charge in [-0.3, -0.25) is 4.98 Å². The first kappa shape index (κ1) is 21.7. The van der Waals surface area contributed by atoms with Crippen LogP contribution in [0.1, 0.15) is 30.7 Å². The number of benzene rings is 2. The molecule has 0 amide bonds. The van der Waals surface area contributed by atoms with E-state index in [1.54, 1.807) is 38.2 Å². The van der Waals surface area contributed by atoms with E-state index in [9.17, 15) is 5.26 Å². The quantitative estimate of drug-likeness (QED) is 0.601. The molecular weight excluding hydrogens is 435 g/mol. The van der Waals surface area contributed by atoms with Crippen molar-refractivity contribution >= 4 is 6.02 Å². The summed E-state index contributed by atoms with van der Waals surface area (Å²) in [5, 5.41) is 9.29. The molecule has 3 aromatic rings. The summed E-state index contributed by atoms with van der Waals surface area (Å²) < 4.78 is 32.8. The Morgan fingerprint density at radius 3 is 2.68 bits per heavy atom. The highest BCUT2D eigenvalue weighted by atomic mass is 19.1. The van der Waals surface area contributed by atoms with Crippen LogP contribution >= 0.6 is 0 Å². The van der Waals surface area contributed by atoms with Crippen molar-refractivity contribution in [3.05, 3.63) is 71.3 Å². The summed E-state index contributed by atoms with van der Waals surface area (Å²) in [6.07, 6.45) is 1.70. The zero-order valence-corrected chi connectivity index (χ0v) is 19.1. The van der Waals surface area contributed by atoms with Crippen LogP contribution in [0.5, 0.6) is 17.2 Å². The molecule has 1 aromatic heterocycles. The van der Waals surface area contributed by atoms with Crippen LogP contribution in [-0.2, 0) is 10.3 Å². The van der Waals surface area contributed by atoms with Gasteiger partial charge in [-0.1, -0.05) is 6.07 Å². The van der Waals surface area contributed by atoms with Crippen LogP contribution in [0.3, 0.4) is 0 Å². The number of fused-ring (bicyclic) bond motifs is 4. The van der Waals surface area contributed by atoms with Gasteiger partial charge < -0.3 is 19.9 Å². The van der Waals surface area contributed by atoms with Crippen molar-refractivity contribution in [2.75, 3.05) is 13.2 Å². The molecule has 0 radical (unpaired) electrons. The molecule has 1 spiro atoms. The Morgan fingerprint density at radius 2 is 2.00 bits per heavy atom. The number of hydrogen-bond donors (Lipinski definition) is 1. The smallest absolute Gasteiger partial charge is 0.283 e. The van der Waals surface area contributed by atoms with Crippen molar-refractivity contribution in [2.45, 2.75) is 26.3 Å². The van der Waals surface area contributed by atoms with E-state index in [4.69, 9.17) is 19.9 Å². The molecule has 7 nitrogen and oxygen atoms in total. The molecule has 2 aliphatic rings. The fourth-order valence-corrected chi connectivity index (χ4v) is 4.08. The normalized spacial score (nSPS) is 18.3. The number of hydrogen-bond acceptors (Lipinski definition) is 7. The largest absolute Gasteiger partial charge is 0.492 e. The number of pyridine rings is 1. The number of aromatic nitrogens is 1. The summed E-state index contributed by atoms with van der Waals surface area (Å²) >= 11 is 0. The molecule has 2 N–H and O–H groups in total. The van der Waals surface area contributed by atoms with Crippen molar-refractivity contribution in [1.82, 2.24) is 4.98 Å². The van der Waals surface area contributed by atoms with Gasteiger partial charge in [0, 0.05) is 28.6 Å². The van der Waals surface area contributed by atoms with E-state index in [-0.39, 0.29) is 25.0 Å². The van der Waals surface area contributed by atoms with E-state index in [0.717, 1.165) is 11.3 Å². The Bertz CT molecular complexity index is 1360. The van der Waals surface area contributed by atoms with E-state index in [1.807, 2.05) is 25.1 Å². The maximum Gasteiger partial charge on any atom is 0.283 e. The molecule has 34 heavy (non-hydrogen) atoms. The average Bonchev–Trinajstić information content (AvgIpc) is 3.21. The first-order chi connectivity index (χ1) is 16.2. The molecule has 2 aliphatic heterocycles. The van der Waals surface area contributed by atoms with Gasteiger partial charge in [0.2, 0.25) is 0 Å². The number of halogens is 1. The highest BCUT2D eigenvalue weighted by molar-refractivity contribution is 5.78. The van der Waals surface area contributed by atoms with Gasteiger partial charge in [0.15, 0.2) is 17.1 Å². The minimum Gasteiger partial charge on any atom is -0.492 e. The Hall–Kier alpha value is -4.12.